The van der Waals surface area contributed by atoms with Crippen LogP contribution in [-0.2, 0) is 22.1 Å². The van der Waals surface area contributed by atoms with Gasteiger partial charge in [-0.1, -0.05) is 27.7 Å². The van der Waals surface area contributed by atoms with E-state index in [9.17, 15) is 18.0 Å². The van der Waals surface area contributed by atoms with E-state index < -0.39 is 17.8 Å². The highest BCUT2D eigenvalue weighted by atomic mass is 19.4. The molecule has 6 nitrogen and oxygen atoms in total. The van der Waals surface area contributed by atoms with Crippen LogP contribution in [0, 0.1) is 18.3 Å². The van der Waals surface area contributed by atoms with Crippen LogP contribution in [0.4, 0.5) is 18.9 Å². The lowest BCUT2D eigenvalue weighted by atomic mass is 9.82. The fourth-order valence-corrected chi connectivity index (χ4v) is 4.35. The highest BCUT2D eigenvalue weighted by molar-refractivity contribution is 5.84. The van der Waals surface area contributed by atoms with Crippen LogP contribution < -0.4 is 9.64 Å². The van der Waals surface area contributed by atoms with Gasteiger partial charge in [-0.15, -0.1) is 0 Å². The summed E-state index contributed by atoms with van der Waals surface area (Å²) in [5.74, 6) is -0.644. The number of aromatic nitrogens is 2. The number of rotatable bonds is 8. The maximum absolute atomic E-state index is 14.0. The van der Waals surface area contributed by atoms with E-state index in [2.05, 4.69) is 28.7 Å². The molecule has 0 amide bonds. The molecule has 9 heteroatoms. The zero-order valence-electron chi connectivity index (χ0n) is 22.8. The highest BCUT2D eigenvalue weighted by Crippen LogP contribution is 2.42. The summed E-state index contributed by atoms with van der Waals surface area (Å²) in [6.45, 7) is 15.1. The quantitative estimate of drug-likeness (QED) is 0.364. The molecule has 2 aromatic heterocycles. The van der Waals surface area contributed by atoms with Crippen molar-refractivity contribution in [1.82, 2.24) is 9.97 Å². The second-order valence-corrected chi connectivity index (χ2v) is 11.2. The number of piperidine rings is 1. The van der Waals surface area contributed by atoms with Gasteiger partial charge >= 0.3 is 12.1 Å². The minimum Gasteiger partial charge on any atom is -0.491 e. The molecule has 0 spiro atoms. The number of hydrogen-bond donors (Lipinski definition) is 0. The third-order valence-electron chi connectivity index (χ3n) is 6.46. The molecule has 0 aromatic carbocycles. The maximum Gasteiger partial charge on any atom is 0.437 e. The van der Waals surface area contributed by atoms with Gasteiger partial charge in [0.1, 0.15) is 5.75 Å². The first-order chi connectivity index (χ1) is 17.2. The first kappa shape index (κ1) is 28.7. The average Bonchev–Trinajstić information content (AvgIpc) is 2.78. The minimum atomic E-state index is -4.69. The number of aryl methyl sites for hydroxylation is 1. The van der Waals surface area contributed by atoms with Crippen LogP contribution >= 0.6 is 0 Å². The van der Waals surface area contributed by atoms with E-state index >= 15 is 0 Å². The van der Waals surface area contributed by atoms with E-state index in [1.165, 1.54) is 12.1 Å². The number of carbonyl (C=O) groups excluding carboxylic acids is 1. The molecular weight excluding hydrogens is 483 g/mol. The van der Waals surface area contributed by atoms with Gasteiger partial charge in [-0.3, -0.25) is 9.78 Å². The molecule has 1 fully saturated rings. The van der Waals surface area contributed by atoms with Crippen molar-refractivity contribution in [3.05, 3.63) is 35.3 Å². The Morgan fingerprint density at radius 2 is 1.78 bits per heavy atom. The number of alkyl halides is 3. The molecule has 0 unspecified atom stereocenters. The highest BCUT2D eigenvalue weighted by Gasteiger charge is 2.38. The van der Waals surface area contributed by atoms with Crippen molar-refractivity contribution >= 4 is 11.7 Å². The van der Waals surface area contributed by atoms with Crippen molar-refractivity contribution in [2.24, 2.45) is 11.3 Å². The summed E-state index contributed by atoms with van der Waals surface area (Å²) >= 11 is 0. The van der Waals surface area contributed by atoms with Crippen molar-refractivity contribution in [3.63, 3.8) is 0 Å². The number of pyridine rings is 2. The largest absolute Gasteiger partial charge is 0.491 e. The Morgan fingerprint density at radius 1 is 1.14 bits per heavy atom. The summed E-state index contributed by atoms with van der Waals surface area (Å²) in [5, 5.41) is 0. The van der Waals surface area contributed by atoms with Crippen LogP contribution in [0.3, 0.4) is 0 Å². The van der Waals surface area contributed by atoms with Crippen molar-refractivity contribution in [2.45, 2.75) is 80.0 Å². The Kier molecular flexibility index (Phi) is 8.75. The Hall–Kier alpha value is -2.84. The van der Waals surface area contributed by atoms with Crippen LogP contribution in [-0.4, -0.2) is 41.7 Å². The molecule has 0 N–H and O–H groups in total. The Morgan fingerprint density at radius 3 is 2.35 bits per heavy atom. The summed E-state index contributed by atoms with van der Waals surface area (Å²) in [6, 6.07) is 2.86. The van der Waals surface area contributed by atoms with Crippen LogP contribution in [0.25, 0.3) is 11.3 Å². The van der Waals surface area contributed by atoms with Crippen molar-refractivity contribution in [2.75, 3.05) is 24.6 Å². The van der Waals surface area contributed by atoms with E-state index in [-0.39, 0.29) is 41.9 Å². The third kappa shape index (κ3) is 7.36. The predicted molar refractivity (Wildman–Crippen MR) is 138 cm³/mol. The molecule has 0 atom stereocenters. The summed E-state index contributed by atoms with van der Waals surface area (Å²) in [6.07, 6.45) is -1.63. The lowest BCUT2D eigenvalue weighted by Gasteiger charge is -2.40. The number of esters is 1. The lowest BCUT2D eigenvalue weighted by Crippen LogP contribution is -2.38. The molecule has 0 bridgehead atoms. The van der Waals surface area contributed by atoms with Gasteiger partial charge < -0.3 is 14.4 Å². The van der Waals surface area contributed by atoms with E-state index in [1.807, 2.05) is 13.8 Å². The Bertz CT molecular complexity index is 1100. The van der Waals surface area contributed by atoms with Gasteiger partial charge in [0.05, 0.1) is 30.5 Å². The SMILES string of the molecule is Cc1ncc(-c2ccc(OCC(C)C)c(C(F)(F)F)n2)c(N2CCC(C)(C)CC2)c1CC(=O)OC(C)C. The average molecular weight is 522 g/mol. The van der Waals surface area contributed by atoms with Crippen LogP contribution in [0.5, 0.6) is 5.75 Å². The zero-order valence-corrected chi connectivity index (χ0v) is 22.8. The number of halogens is 3. The lowest BCUT2D eigenvalue weighted by molar-refractivity contribution is -0.146. The van der Waals surface area contributed by atoms with Crippen molar-refractivity contribution < 1.29 is 27.4 Å². The molecule has 1 saturated heterocycles. The van der Waals surface area contributed by atoms with Crippen LogP contribution in [0.15, 0.2) is 18.3 Å². The van der Waals surface area contributed by atoms with Gasteiger partial charge in [-0.25, -0.2) is 4.98 Å². The summed E-state index contributed by atoms with van der Waals surface area (Å²) in [4.78, 5) is 23.3. The Balaban J connectivity index is 2.15. The fraction of sp³-hybridized carbons (Fsp3) is 0.607. The molecule has 204 valence electrons. The van der Waals surface area contributed by atoms with Gasteiger partial charge in [-0.2, -0.15) is 13.2 Å². The normalized spacial score (nSPS) is 15.8. The Labute approximate surface area is 217 Å². The summed E-state index contributed by atoms with van der Waals surface area (Å²) < 4.78 is 52.9. The van der Waals surface area contributed by atoms with E-state index in [0.29, 0.717) is 35.6 Å². The third-order valence-corrected chi connectivity index (χ3v) is 6.46. The van der Waals surface area contributed by atoms with Gasteiger partial charge in [0.25, 0.3) is 0 Å². The van der Waals surface area contributed by atoms with E-state index in [0.717, 1.165) is 12.8 Å². The van der Waals surface area contributed by atoms with Crippen LogP contribution in [0.2, 0.25) is 0 Å². The number of hydrogen-bond acceptors (Lipinski definition) is 6. The van der Waals surface area contributed by atoms with Gasteiger partial charge in [0.2, 0.25) is 0 Å². The molecule has 1 aliphatic heterocycles. The number of anilines is 1. The maximum atomic E-state index is 14.0. The number of carbonyl (C=O) groups is 1. The molecule has 0 saturated carbocycles. The monoisotopic (exact) mass is 521 g/mol. The molecule has 1 aliphatic rings. The van der Waals surface area contributed by atoms with Crippen molar-refractivity contribution in [1.29, 1.82) is 0 Å². The fourth-order valence-electron chi connectivity index (χ4n) is 4.35. The molecule has 37 heavy (non-hydrogen) atoms. The smallest absolute Gasteiger partial charge is 0.437 e. The molecule has 0 radical (unpaired) electrons. The van der Waals surface area contributed by atoms with E-state index in [1.54, 1.807) is 27.0 Å². The predicted octanol–water partition coefficient (Wildman–Crippen LogP) is 6.63. The minimum absolute atomic E-state index is 0.0260. The van der Waals surface area contributed by atoms with Gasteiger partial charge in [-0.05, 0) is 57.1 Å². The molecular formula is C28H38F3N3O3. The number of nitrogens with zero attached hydrogens (tertiary/aromatic N) is 3. The molecule has 3 heterocycles. The van der Waals surface area contributed by atoms with Gasteiger partial charge in [0.15, 0.2) is 5.69 Å². The first-order valence-corrected chi connectivity index (χ1v) is 12.8. The topological polar surface area (TPSA) is 64.6 Å². The summed E-state index contributed by atoms with van der Waals surface area (Å²) in [5.41, 5.74) is 1.66. The second-order valence-electron chi connectivity index (χ2n) is 11.2. The van der Waals surface area contributed by atoms with Crippen LogP contribution in [0.1, 0.15) is 71.3 Å². The second kappa shape index (κ2) is 11.3. The standard InChI is InChI=1S/C28H38F3N3O3/c1-17(2)16-36-23-9-8-22(33-26(23)28(29,30)31)21-15-32-19(5)20(14-24(35)37-18(3)4)25(21)34-12-10-27(6,7)11-13-34/h8-9,15,17-18H,10-14,16H2,1-7H3. The zero-order chi connectivity index (χ0) is 27.5. The number of ether oxygens (including phenoxy) is 2. The molecule has 3 rings (SSSR count). The molecule has 0 aliphatic carbocycles. The summed E-state index contributed by atoms with van der Waals surface area (Å²) in [7, 11) is 0. The first-order valence-electron chi connectivity index (χ1n) is 12.8. The van der Waals surface area contributed by atoms with Gasteiger partial charge in [0, 0.05) is 36.1 Å². The molecule has 2 aromatic rings. The van der Waals surface area contributed by atoms with Crippen molar-refractivity contribution in [3.8, 4) is 17.0 Å². The van der Waals surface area contributed by atoms with E-state index in [4.69, 9.17) is 9.47 Å².